The van der Waals surface area contributed by atoms with Gasteiger partial charge in [0.1, 0.15) is 17.5 Å². The number of cyclic esters (lactones) is 1. The second-order valence-corrected chi connectivity index (χ2v) is 11.3. The van der Waals surface area contributed by atoms with Gasteiger partial charge in [0, 0.05) is 53.9 Å². The number of ether oxygens (including phenoxy) is 2. The highest BCUT2D eigenvalue weighted by Crippen LogP contribution is 2.49. The van der Waals surface area contributed by atoms with Crippen LogP contribution in [0.1, 0.15) is 49.0 Å². The lowest BCUT2D eigenvalue weighted by Crippen LogP contribution is -2.68. The van der Waals surface area contributed by atoms with Crippen molar-refractivity contribution >= 4 is 34.6 Å². The Morgan fingerprint density at radius 2 is 2.10 bits per heavy atom. The van der Waals surface area contributed by atoms with Crippen LogP contribution in [0.25, 0.3) is 10.9 Å². The number of esters is 1. The number of carbonyl (C=O) groups is 4. The zero-order chi connectivity index (χ0) is 28.9. The molecule has 4 saturated heterocycles. The highest BCUT2D eigenvalue weighted by atomic mass is 19.3. The molecule has 3 amide bonds. The van der Waals surface area contributed by atoms with Crippen molar-refractivity contribution in [3.05, 3.63) is 41.6 Å². The number of carbonyl (C=O) groups excluding carboxylic acids is 4. The molecule has 0 radical (unpaired) electrons. The van der Waals surface area contributed by atoms with E-state index >= 15 is 8.78 Å². The van der Waals surface area contributed by atoms with E-state index in [2.05, 4.69) is 15.6 Å². The summed E-state index contributed by atoms with van der Waals surface area (Å²) in [5.74, 6) is -6.28. The maximum Gasteiger partial charge on any atom is 0.333 e. The van der Waals surface area contributed by atoms with Crippen LogP contribution in [-0.2, 0) is 19.1 Å². The molecule has 1 aromatic carbocycles. The molecule has 5 fully saturated rings. The van der Waals surface area contributed by atoms with Gasteiger partial charge in [-0.05, 0) is 43.9 Å². The Morgan fingerprint density at radius 1 is 1.27 bits per heavy atom. The predicted octanol–water partition coefficient (Wildman–Crippen LogP) is 2.69. The van der Waals surface area contributed by atoms with Crippen molar-refractivity contribution in [3.8, 4) is 5.75 Å². The van der Waals surface area contributed by atoms with E-state index in [1.165, 1.54) is 12.0 Å². The number of aromatic nitrogens is 1. The number of halogens is 2. The lowest BCUT2D eigenvalue weighted by atomic mass is 9.71. The summed E-state index contributed by atoms with van der Waals surface area (Å²) >= 11 is 0. The van der Waals surface area contributed by atoms with Crippen LogP contribution in [0, 0.1) is 11.8 Å². The van der Waals surface area contributed by atoms with Gasteiger partial charge in [0.05, 0.1) is 19.6 Å². The molecule has 12 heteroatoms. The van der Waals surface area contributed by atoms with Gasteiger partial charge in [-0.1, -0.05) is 12.1 Å². The molecular weight excluding hydrogens is 538 g/mol. The minimum atomic E-state index is -3.13. The van der Waals surface area contributed by atoms with E-state index in [1.807, 2.05) is 0 Å². The van der Waals surface area contributed by atoms with Crippen molar-refractivity contribution in [2.75, 3.05) is 20.3 Å². The number of aromatic amines is 1. The number of nitrogens with one attached hydrogen (secondary N) is 3. The van der Waals surface area contributed by atoms with Crippen molar-refractivity contribution in [1.82, 2.24) is 20.5 Å². The number of hydrogen-bond acceptors (Lipinski definition) is 6. The Hall–Kier alpha value is -3.96. The average molecular weight is 571 g/mol. The van der Waals surface area contributed by atoms with E-state index < -0.39 is 60.1 Å². The van der Waals surface area contributed by atoms with Gasteiger partial charge in [0.2, 0.25) is 11.8 Å². The number of benzene rings is 1. The minimum Gasteiger partial charge on any atom is -0.496 e. The maximum absolute atomic E-state index is 15.2. The molecule has 2 aromatic rings. The molecule has 5 unspecified atom stereocenters. The van der Waals surface area contributed by atoms with Gasteiger partial charge in [-0.15, -0.1) is 0 Å². The fourth-order valence-electron chi connectivity index (χ4n) is 6.81. The Balaban J connectivity index is 1.32. The van der Waals surface area contributed by atoms with Crippen molar-refractivity contribution in [2.24, 2.45) is 11.8 Å². The Bertz CT molecular complexity index is 1440. The normalized spacial score (nSPS) is 28.6. The first-order valence-electron chi connectivity index (χ1n) is 14.0. The minimum absolute atomic E-state index is 0.100. The molecule has 5 heterocycles. The van der Waals surface area contributed by atoms with Gasteiger partial charge in [-0.2, -0.15) is 0 Å². The van der Waals surface area contributed by atoms with Crippen molar-refractivity contribution in [3.63, 3.8) is 0 Å². The smallest absolute Gasteiger partial charge is 0.333 e. The van der Waals surface area contributed by atoms with Gasteiger partial charge in [-0.3, -0.25) is 14.4 Å². The first-order chi connectivity index (χ1) is 19.7. The molecule has 2 bridgehead atoms. The third-order valence-corrected chi connectivity index (χ3v) is 8.81. The number of piperidine rings is 2. The van der Waals surface area contributed by atoms with E-state index in [4.69, 9.17) is 9.47 Å². The van der Waals surface area contributed by atoms with Gasteiger partial charge < -0.3 is 30.0 Å². The Kier molecular flexibility index (Phi) is 6.95. The van der Waals surface area contributed by atoms with Gasteiger partial charge >= 0.3 is 5.97 Å². The molecule has 5 atom stereocenters. The molecule has 1 saturated carbocycles. The quantitative estimate of drug-likeness (QED) is 0.347. The number of amides is 3. The summed E-state index contributed by atoms with van der Waals surface area (Å²) < 4.78 is 40.9. The van der Waals surface area contributed by atoms with Gasteiger partial charge in [0.15, 0.2) is 0 Å². The third-order valence-electron chi connectivity index (χ3n) is 8.81. The second-order valence-electron chi connectivity index (χ2n) is 11.3. The number of nitrogens with zero attached hydrogens (tertiary/aromatic N) is 1. The summed E-state index contributed by atoms with van der Waals surface area (Å²) in [5, 5.41) is 6.25. The molecule has 3 N–H and O–H groups in total. The molecular formula is C29H32F2N4O6. The number of fused-ring (bicyclic) bond motifs is 4. The fourth-order valence-corrected chi connectivity index (χ4v) is 6.81. The summed E-state index contributed by atoms with van der Waals surface area (Å²) in [5.41, 5.74) is 1.18. The van der Waals surface area contributed by atoms with Crippen LogP contribution in [0.4, 0.5) is 8.78 Å². The molecule has 41 heavy (non-hydrogen) atoms. The summed E-state index contributed by atoms with van der Waals surface area (Å²) in [4.78, 5) is 56.6. The zero-order valence-corrected chi connectivity index (χ0v) is 22.6. The van der Waals surface area contributed by atoms with Gasteiger partial charge in [0.25, 0.3) is 11.8 Å². The van der Waals surface area contributed by atoms with E-state index in [0.717, 1.165) is 0 Å². The van der Waals surface area contributed by atoms with E-state index in [1.54, 1.807) is 30.3 Å². The number of hydrogen-bond donors (Lipinski definition) is 3. The monoisotopic (exact) mass is 570 g/mol. The summed E-state index contributed by atoms with van der Waals surface area (Å²) in [7, 11) is 1.52. The van der Waals surface area contributed by atoms with Crippen LogP contribution < -0.4 is 15.4 Å². The van der Waals surface area contributed by atoms with Gasteiger partial charge in [-0.25, -0.2) is 13.6 Å². The van der Waals surface area contributed by atoms with Crippen LogP contribution in [0.2, 0.25) is 0 Å². The largest absolute Gasteiger partial charge is 0.496 e. The number of methoxy groups -OCH3 is 1. The lowest BCUT2D eigenvalue weighted by molar-refractivity contribution is -0.179. The number of alkyl halides is 2. The second kappa shape index (κ2) is 10.5. The lowest BCUT2D eigenvalue weighted by Gasteiger charge is -2.53. The van der Waals surface area contributed by atoms with Crippen LogP contribution >= 0.6 is 0 Å². The number of rotatable bonds is 7. The molecule has 1 aromatic heterocycles. The van der Waals surface area contributed by atoms with Crippen molar-refractivity contribution in [2.45, 2.75) is 62.6 Å². The van der Waals surface area contributed by atoms with Crippen molar-refractivity contribution < 1.29 is 37.4 Å². The first-order valence-corrected chi connectivity index (χ1v) is 14.0. The molecule has 5 aliphatic rings. The fraction of sp³-hybridized carbons (Fsp3) is 0.517. The van der Waals surface area contributed by atoms with Crippen molar-refractivity contribution in [1.29, 1.82) is 0 Å². The third kappa shape index (κ3) is 4.93. The van der Waals surface area contributed by atoms with E-state index in [-0.39, 0.29) is 31.0 Å². The number of H-pyrrole nitrogens is 1. The topological polar surface area (TPSA) is 130 Å². The summed E-state index contributed by atoms with van der Waals surface area (Å²) in [6, 6.07) is 3.89. The van der Waals surface area contributed by atoms with E-state index in [9.17, 15) is 19.2 Å². The van der Waals surface area contributed by atoms with Crippen LogP contribution in [0.15, 0.2) is 35.9 Å². The molecule has 0 spiro atoms. The Morgan fingerprint density at radius 3 is 2.78 bits per heavy atom. The first kappa shape index (κ1) is 27.2. The SMILES string of the molecule is COc1cccc2[nH]c(C(=O)N3C4CCC(C3C(=O)NC(C=C3CCOC3=O)CC3CCNC3=O)C(F)(F)C4)cc12. The maximum atomic E-state index is 15.2. The standard InChI is InChI=1S/C29H32F2N4O6/c1-40-23-4-2-3-21-19(23)13-22(34-21)27(38)35-18-5-6-20(29(30,31)14-18)24(35)26(37)33-17(11-15-7-9-32-25(15)36)12-16-8-10-41-28(16)39/h2-4,12-13,15,17-18,20,24,34H,5-11,14H2,1H3,(H,32,36)(H,33,37). The molecule has 1 aliphatic carbocycles. The molecule has 10 nitrogen and oxygen atoms in total. The molecule has 7 rings (SSSR count). The molecule has 218 valence electrons. The average Bonchev–Trinajstić information content (AvgIpc) is 3.67. The van der Waals surface area contributed by atoms with E-state index in [0.29, 0.717) is 48.0 Å². The highest BCUT2D eigenvalue weighted by Gasteiger charge is 2.60. The highest BCUT2D eigenvalue weighted by molar-refractivity contribution is 6.02. The molecule has 4 aliphatic heterocycles. The summed E-state index contributed by atoms with van der Waals surface area (Å²) in [6.45, 7) is 0.713. The van der Waals surface area contributed by atoms with Crippen LogP contribution in [0.3, 0.4) is 0 Å². The predicted molar refractivity (Wildman–Crippen MR) is 142 cm³/mol. The van der Waals surface area contributed by atoms with Crippen LogP contribution in [-0.4, -0.2) is 77.9 Å². The van der Waals surface area contributed by atoms with Crippen LogP contribution in [0.5, 0.6) is 5.75 Å². The summed E-state index contributed by atoms with van der Waals surface area (Å²) in [6.07, 6.45) is 2.61. The zero-order valence-electron chi connectivity index (χ0n) is 22.6. The Labute approximate surface area is 234 Å².